The zero-order chi connectivity index (χ0) is 4.83. The van der Waals surface area contributed by atoms with Gasteiger partial charge in [-0.3, -0.25) is 0 Å². The molecule has 0 spiro atoms. The maximum Gasteiger partial charge on any atom is 0 e. The first kappa shape index (κ1) is 6.00. The molecule has 0 saturated heterocycles. The summed E-state index contributed by atoms with van der Waals surface area (Å²) in [4.78, 5) is 0. The summed E-state index contributed by atoms with van der Waals surface area (Å²) in [5, 5.41) is 0. The van der Waals surface area contributed by atoms with Crippen molar-refractivity contribution in [3.63, 3.8) is 0 Å². The minimum absolute atomic E-state index is 0. The third-order valence-electron chi connectivity index (χ3n) is 0.780. The SMILES string of the molecule is [C]CCCCC.[HH]. The van der Waals surface area contributed by atoms with E-state index in [2.05, 4.69) is 6.92 Å². The fourth-order valence-corrected chi connectivity index (χ4v) is 0.375. The first-order valence-electron chi connectivity index (χ1n) is 2.56. The fourth-order valence-electron chi connectivity index (χ4n) is 0.375. The Hall–Kier alpha value is 0. The lowest BCUT2D eigenvalue weighted by Crippen LogP contribution is -1.66. The lowest BCUT2D eigenvalue weighted by atomic mass is 10.2. The van der Waals surface area contributed by atoms with E-state index in [1.807, 2.05) is 0 Å². The first-order chi connectivity index (χ1) is 2.91. The highest BCUT2D eigenvalue weighted by atomic mass is 13.8. The van der Waals surface area contributed by atoms with Crippen molar-refractivity contribution in [1.82, 2.24) is 0 Å². The summed E-state index contributed by atoms with van der Waals surface area (Å²) in [6.45, 7) is 8.85. The second kappa shape index (κ2) is 5.00. The van der Waals surface area contributed by atoms with Gasteiger partial charge >= 0.3 is 0 Å². The molecule has 37 valence electrons. The quantitative estimate of drug-likeness (QED) is 0.461. The van der Waals surface area contributed by atoms with Crippen LogP contribution in [0.4, 0.5) is 0 Å². The third-order valence-corrected chi connectivity index (χ3v) is 0.780. The highest BCUT2D eigenvalue weighted by Gasteiger charge is 1.75. The monoisotopic (exact) mass is 85.1 g/mol. The molecule has 0 bridgehead atoms. The second-order valence-corrected chi connectivity index (χ2v) is 1.46. The minimum Gasteiger partial charge on any atom is -0.0654 e. The fraction of sp³-hybridized carbons (Fsp3) is 0.833. The zero-order valence-electron chi connectivity index (χ0n) is 4.33. The van der Waals surface area contributed by atoms with Crippen LogP contribution in [0.3, 0.4) is 0 Å². The lowest BCUT2D eigenvalue weighted by molar-refractivity contribution is 0.728. The van der Waals surface area contributed by atoms with Crippen LogP contribution < -0.4 is 0 Å². The van der Waals surface area contributed by atoms with E-state index in [-0.39, 0.29) is 1.43 Å². The van der Waals surface area contributed by atoms with Gasteiger partial charge in [0, 0.05) is 1.43 Å². The van der Waals surface area contributed by atoms with Crippen LogP contribution in [0, 0.1) is 6.92 Å². The van der Waals surface area contributed by atoms with Gasteiger partial charge in [-0.1, -0.05) is 26.2 Å². The van der Waals surface area contributed by atoms with Crippen LogP contribution in [0.15, 0.2) is 0 Å². The molecule has 0 aliphatic rings. The van der Waals surface area contributed by atoms with E-state index in [0.29, 0.717) is 6.42 Å². The molecule has 0 aromatic carbocycles. The molecule has 0 rings (SSSR count). The Morgan fingerprint density at radius 2 is 2.17 bits per heavy atom. The molecule has 0 saturated carbocycles. The van der Waals surface area contributed by atoms with E-state index < -0.39 is 0 Å². The maximum atomic E-state index is 6.71. The van der Waals surface area contributed by atoms with Gasteiger partial charge in [-0.05, 0) is 13.3 Å². The van der Waals surface area contributed by atoms with Crippen molar-refractivity contribution in [3.8, 4) is 0 Å². The Kier molecular flexibility index (Phi) is 5.00. The van der Waals surface area contributed by atoms with Crippen LogP contribution in [0.1, 0.15) is 34.0 Å². The predicted molar refractivity (Wildman–Crippen MR) is 29.5 cm³/mol. The highest BCUT2D eigenvalue weighted by molar-refractivity contribution is 4.38. The summed E-state index contributed by atoms with van der Waals surface area (Å²) in [5.74, 6) is 0. The van der Waals surface area contributed by atoms with Crippen molar-refractivity contribution < 1.29 is 1.43 Å². The molecule has 3 radical (unpaired) electrons. The third kappa shape index (κ3) is 4.00. The Morgan fingerprint density at radius 3 is 2.33 bits per heavy atom. The van der Waals surface area contributed by atoms with Crippen molar-refractivity contribution in [2.45, 2.75) is 32.6 Å². The van der Waals surface area contributed by atoms with Crippen molar-refractivity contribution in [1.29, 1.82) is 0 Å². The average Bonchev–Trinajstić information content (AvgIpc) is 1.61. The first-order valence-corrected chi connectivity index (χ1v) is 2.56. The van der Waals surface area contributed by atoms with Gasteiger partial charge < -0.3 is 0 Å². The van der Waals surface area contributed by atoms with Gasteiger partial charge in [0.25, 0.3) is 0 Å². The lowest BCUT2D eigenvalue weighted by Gasteiger charge is -1.85. The molecule has 6 heavy (non-hydrogen) atoms. The van der Waals surface area contributed by atoms with Gasteiger partial charge in [0.15, 0.2) is 0 Å². The summed E-state index contributed by atoms with van der Waals surface area (Å²) in [5.41, 5.74) is 0. The molecule has 0 heteroatoms. The topological polar surface area (TPSA) is 0 Å². The molecule has 0 fully saturated rings. The van der Waals surface area contributed by atoms with Crippen molar-refractivity contribution in [3.05, 3.63) is 6.92 Å². The molecule has 0 heterocycles. The minimum atomic E-state index is 0. The van der Waals surface area contributed by atoms with Gasteiger partial charge in [-0.25, -0.2) is 0 Å². The summed E-state index contributed by atoms with van der Waals surface area (Å²) < 4.78 is 0. The molecule has 0 aromatic rings. The summed E-state index contributed by atoms with van der Waals surface area (Å²) in [7, 11) is 0. The van der Waals surface area contributed by atoms with E-state index in [9.17, 15) is 0 Å². The molecule has 0 atom stereocenters. The van der Waals surface area contributed by atoms with Gasteiger partial charge in [-0.2, -0.15) is 0 Å². The Labute approximate surface area is 42.0 Å². The van der Waals surface area contributed by atoms with E-state index in [1.165, 1.54) is 12.8 Å². The van der Waals surface area contributed by atoms with Gasteiger partial charge in [-0.15, -0.1) is 0 Å². The summed E-state index contributed by atoms with van der Waals surface area (Å²) in [6.07, 6.45) is 4.15. The summed E-state index contributed by atoms with van der Waals surface area (Å²) in [6, 6.07) is 0. The standard InChI is InChI=1S/C6H11.H2/c1-3-5-6-4-2;/h3-6H2,1H3;1H. The Bertz CT molecular complexity index is 16.1. The van der Waals surface area contributed by atoms with Crippen molar-refractivity contribution in [2.24, 2.45) is 0 Å². The molecule has 0 amide bonds. The molecule has 0 aliphatic heterocycles. The molecule has 0 nitrogen and oxygen atoms in total. The number of rotatable bonds is 3. The van der Waals surface area contributed by atoms with Crippen LogP contribution in [-0.4, -0.2) is 0 Å². The summed E-state index contributed by atoms with van der Waals surface area (Å²) >= 11 is 0. The predicted octanol–water partition coefficient (Wildman–Crippen LogP) is 2.40. The van der Waals surface area contributed by atoms with Gasteiger partial charge in [0.2, 0.25) is 0 Å². The van der Waals surface area contributed by atoms with Crippen LogP contribution in [-0.2, 0) is 0 Å². The Balaban J connectivity index is 0. The molecular weight excluding hydrogens is 72.1 g/mol. The van der Waals surface area contributed by atoms with E-state index in [1.54, 1.807) is 0 Å². The molecule has 0 unspecified atom stereocenters. The molecule has 0 N–H and O–H groups in total. The average molecular weight is 85.2 g/mol. The normalized spacial score (nSPS) is 9.00. The number of hydrogen-bond acceptors (Lipinski definition) is 0. The van der Waals surface area contributed by atoms with Crippen LogP contribution in [0.25, 0.3) is 0 Å². The number of hydrogen-bond donors (Lipinski definition) is 0. The number of unbranched alkanes of at least 4 members (excludes halogenated alkanes) is 3. The maximum absolute atomic E-state index is 6.71. The van der Waals surface area contributed by atoms with Crippen LogP contribution in [0.2, 0.25) is 0 Å². The van der Waals surface area contributed by atoms with Gasteiger partial charge in [0.1, 0.15) is 0 Å². The Morgan fingerprint density at radius 1 is 1.50 bits per heavy atom. The molecule has 0 aliphatic carbocycles. The second-order valence-electron chi connectivity index (χ2n) is 1.46. The van der Waals surface area contributed by atoms with E-state index >= 15 is 0 Å². The molecule has 0 aromatic heterocycles. The van der Waals surface area contributed by atoms with Crippen molar-refractivity contribution in [2.75, 3.05) is 0 Å². The largest absolute Gasteiger partial charge is 0.0654 e. The van der Waals surface area contributed by atoms with E-state index in [4.69, 9.17) is 6.92 Å². The van der Waals surface area contributed by atoms with Crippen LogP contribution in [0.5, 0.6) is 0 Å². The highest BCUT2D eigenvalue weighted by Crippen LogP contribution is 1.95. The van der Waals surface area contributed by atoms with Crippen molar-refractivity contribution >= 4 is 0 Å². The van der Waals surface area contributed by atoms with Crippen LogP contribution >= 0.6 is 0 Å². The smallest absolute Gasteiger partial charge is 0 e. The van der Waals surface area contributed by atoms with Gasteiger partial charge in [0.05, 0.1) is 0 Å². The van der Waals surface area contributed by atoms with E-state index in [0.717, 1.165) is 6.42 Å². The molecular formula is C6H13. The zero-order valence-corrected chi connectivity index (χ0v) is 4.33.